The fraction of sp³-hybridized carbons (Fsp3) is 0.417. The molecule has 0 bridgehead atoms. The molecule has 0 saturated heterocycles. The highest BCUT2D eigenvalue weighted by Gasteiger charge is 2.21. The van der Waals surface area contributed by atoms with Crippen LogP contribution in [0.2, 0.25) is 0 Å². The Labute approximate surface area is 109 Å². The lowest BCUT2D eigenvalue weighted by molar-refractivity contribution is 0.0981. The molecule has 3 N–H and O–H groups in total. The first-order valence-electron chi connectivity index (χ1n) is 5.38. The van der Waals surface area contributed by atoms with Gasteiger partial charge < -0.3 is 15.6 Å². The van der Waals surface area contributed by atoms with Gasteiger partial charge in [0.1, 0.15) is 0 Å². The van der Waals surface area contributed by atoms with Crippen LogP contribution in [0.25, 0.3) is 0 Å². The van der Waals surface area contributed by atoms with Gasteiger partial charge in [0.05, 0.1) is 12.7 Å². The molecule has 0 aliphatic rings. The molecule has 1 aromatic rings. The summed E-state index contributed by atoms with van der Waals surface area (Å²) in [4.78, 5) is 11.9. The van der Waals surface area contributed by atoms with Crippen LogP contribution in [-0.4, -0.2) is 24.5 Å². The molecule has 1 rings (SSSR count). The molecular formula is C12H16BrNO3. The summed E-state index contributed by atoms with van der Waals surface area (Å²) in [5.74, 6) is -0.00841. The summed E-state index contributed by atoms with van der Waals surface area (Å²) in [6.07, 6.45) is 0.933. The van der Waals surface area contributed by atoms with Crippen LogP contribution in [0.1, 0.15) is 29.3 Å². The number of phenolic OH excluding ortho intramolecular Hbond substituents is 1. The van der Waals surface area contributed by atoms with Gasteiger partial charge in [0.2, 0.25) is 0 Å². The van der Waals surface area contributed by atoms with Crippen molar-refractivity contribution in [2.75, 3.05) is 13.7 Å². The molecular weight excluding hydrogens is 286 g/mol. The Morgan fingerprint density at radius 2 is 2.24 bits per heavy atom. The minimum Gasteiger partial charge on any atom is -0.504 e. The number of ketones is 1. The standard InChI is InChI=1S/C12H16BrNO3/c1-3-7-6-9(17-2)12(16)10(11(7)13)8(15)4-5-14/h6,16H,3-5,14H2,1-2H3. The summed E-state index contributed by atoms with van der Waals surface area (Å²) in [6.45, 7) is 2.22. The summed E-state index contributed by atoms with van der Waals surface area (Å²) in [6, 6.07) is 1.72. The molecule has 0 radical (unpaired) electrons. The molecule has 0 fully saturated rings. The second-order valence-corrected chi connectivity index (χ2v) is 4.38. The second-order valence-electron chi connectivity index (χ2n) is 3.59. The summed E-state index contributed by atoms with van der Waals surface area (Å²) in [7, 11) is 1.46. The summed E-state index contributed by atoms with van der Waals surface area (Å²) < 4.78 is 5.68. The number of aryl methyl sites for hydroxylation is 1. The third-order valence-corrected chi connectivity index (χ3v) is 3.43. The molecule has 17 heavy (non-hydrogen) atoms. The fourth-order valence-corrected chi connectivity index (χ4v) is 2.40. The Hall–Kier alpha value is -1.07. The SMILES string of the molecule is CCc1cc(OC)c(O)c(C(=O)CCN)c1Br. The van der Waals surface area contributed by atoms with Crippen molar-refractivity contribution in [1.29, 1.82) is 0 Å². The van der Waals surface area contributed by atoms with Crippen LogP contribution in [0.3, 0.4) is 0 Å². The van der Waals surface area contributed by atoms with Gasteiger partial charge in [0, 0.05) is 10.9 Å². The average Bonchev–Trinajstić information content (AvgIpc) is 2.30. The van der Waals surface area contributed by atoms with E-state index in [2.05, 4.69) is 15.9 Å². The Morgan fingerprint density at radius 3 is 2.71 bits per heavy atom. The molecule has 0 heterocycles. The number of halogens is 1. The number of benzene rings is 1. The fourth-order valence-electron chi connectivity index (χ4n) is 1.60. The van der Waals surface area contributed by atoms with Gasteiger partial charge in [-0.15, -0.1) is 0 Å². The van der Waals surface area contributed by atoms with Crippen LogP contribution >= 0.6 is 15.9 Å². The molecule has 0 aromatic heterocycles. The second kappa shape index (κ2) is 6.02. The van der Waals surface area contributed by atoms with Crippen molar-refractivity contribution < 1.29 is 14.6 Å². The van der Waals surface area contributed by atoms with Gasteiger partial charge in [0.15, 0.2) is 17.3 Å². The van der Waals surface area contributed by atoms with E-state index in [0.717, 1.165) is 12.0 Å². The van der Waals surface area contributed by atoms with Crippen LogP contribution < -0.4 is 10.5 Å². The van der Waals surface area contributed by atoms with Gasteiger partial charge in [-0.25, -0.2) is 0 Å². The molecule has 0 aliphatic heterocycles. The molecule has 4 nitrogen and oxygen atoms in total. The Balaban J connectivity index is 3.39. The van der Waals surface area contributed by atoms with Crippen LogP contribution in [0.5, 0.6) is 11.5 Å². The monoisotopic (exact) mass is 301 g/mol. The third-order valence-electron chi connectivity index (χ3n) is 2.53. The number of hydrogen-bond acceptors (Lipinski definition) is 4. The number of carbonyl (C=O) groups excluding carboxylic acids is 1. The molecule has 0 spiro atoms. The first-order chi connectivity index (χ1) is 8.06. The maximum atomic E-state index is 11.9. The first-order valence-corrected chi connectivity index (χ1v) is 6.17. The molecule has 94 valence electrons. The van der Waals surface area contributed by atoms with Crippen LogP contribution in [0, 0.1) is 0 Å². The minimum atomic E-state index is -0.189. The molecule has 0 amide bonds. The van der Waals surface area contributed by atoms with E-state index in [0.29, 0.717) is 10.2 Å². The predicted molar refractivity (Wildman–Crippen MR) is 69.7 cm³/mol. The maximum absolute atomic E-state index is 11.9. The average molecular weight is 302 g/mol. The highest BCUT2D eigenvalue weighted by Crippen LogP contribution is 2.38. The topological polar surface area (TPSA) is 72.5 Å². The van der Waals surface area contributed by atoms with Crippen molar-refractivity contribution in [1.82, 2.24) is 0 Å². The molecule has 0 saturated carbocycles. The Morgan fingerprint density at radius 1 is 1.59 bits per heavy atom. The quantitative estimate of drug-likeness (QED) is 0.818. The predicted octanol–water partition coefficient (Wildman–Crippen LogP) is 2.26. The van der Waals surface area contributed by atoms with Gasteiger partial charge in [-0.05, 0) is 40.5 Å². The van der Waals surface area contributed by atoms with Gasteiger partial charge >= 0.3 is 0 Å². The van der Waals surface area contributed by atoms with Crippen LogP contribution in [0.15, 0.2) is 10.5 Å². The number of rotatable bonds is 5. The van der Waals surface area contributed by atoms with E-state index in [1.165, 1.54) is 7.11 Å². The smallest absolute Gasteiger partial charge is 0.169 e. The van der Waals surface area contributed by atoms with E-state index >= 15 is 0 Å². The lowest BCUT2D eigenvalue weighted by atomic mass is 10.0. The lowest BCUT2D eigenvalue weighted by Crippen LogP contribution is -2.10. The minimum absolute atomic E-state index is 0.130. The zero-order chi connectivity index (χ0) is 13.0. The molecule has 5 heteroatoms. The van der Waals surface area contributed by atoms with Crippen molar-refractivity contribution in [2.45, 2.75) is 19.8 Å². The van der Waals surface area contributed by atoms with Gasteiger partial charge in [-0.1, -0.05) is 6.92 Å². The van der Waals surface area contributed by atoms with Crippen molar-refractivity contribution in [3.63, 3.8) is 0 Å². The van der Waals surface area contributed by atoms with Crippen LogP contribution in [0.4, 0.5) is 0 Å². The summed E-state index contributed by atoms with van der Waals surface area (Å²) in [5, 5.41) is 9.97. The third kappa shape index (κ3) is 2.79. The molecule has 0 atom stereocenters. The number of aromatic hydroxyl groups is 1. The molecule has 1 aromatic carbocycles. The zero-order valence-corrected chi connectivity index (χ0v) is 11.5. The van der Waals surface area contributed by atoms with Crippen molar-refractivity contribution >= 4 is 21.7 Å². The van der Waals surface area contributed by atoms with Crippen molar-refractivity contribution in [3.05, 3.63) is 21.7 Å². The number of carbonyl (C=O) groups is 1. The Bertz CT molecular complexity index is 404. The molecule has 0 aliphatic carbocycles. The van der Waals surface area contributed by atoms with Crippen molar-refractivity contribution in [3.8, 4) is 11.5 Å². The van der Waals surface area contributed by atoms with E-state index < -0.39 is 0 Å². The van der Waals surface area contributed by atoms with E-state index in [1.807, 2.05) is 6.92 Å². The Kier molecular flexibility index (Phi) is 4.96. The zero-order valence-electron chi connectivity index (χ0n) is 9.92. The number of hydrogen-bond donors (Lipinski definition) is 2. The van der Waals surface area contributed by atoms with Crippen molar-refractivity contribution in [2.24, 2.45) is 5.73 Å². The highest BCUT2D eigenvalue weighted by atomic mass is 79.9. The van der Waals surface area contributed by atoms with Gasteiger partial charge in [-0.3, -0.25) is 4.79 Å². The van der Waals surface area contributed by atoms with Crippen LogP contribution in [-0.2, 0) is 6.42 Å². The number of methoxy groups -OCH3 is 1. The largest absolute Gasteiger partial charge is 0.504 e. The number of nitrogens with two attached hydrogens (primary N) is 1. The first kappa shape index (κ1) is 14.0. The summed E-state index contributed by atoms with van der Waals surface area (Å²) in [5.41, 5.74) is 6.53. The van der Waals surface area contributed by atoms with E-state index in [4.69, 9.17) is 10.5 Å². The normalized spacial score (nSPS) is 10.4. The number of phenols is 1. The van der Waals surface area contributed by atoms with E-state index in [1.54, 1.807) is 6.07 Å². The molecule has 0 unspecified atom stereocenters. The highest BCUT2D eigenvalue weighted by molar-refractivity contribution is 9.10. The summed E-state index contributed by atoms with van der Waals surface area (Å²) >= 11 is 3.35. The van der Waals surface area contributed by atoms with E-state index in [-0.39, 0.29) is 30.1 Å². The van der Waals surface area contributed by atoms with Gasteiger partial charge in [-0.2, -0.15) is 0 Å². The van der Waals surface area contributed by atoms with Gasteiger partial charge in [0.25, 0.3) is 0 Å². The lowest BCUT2D eigenvalue weighted by Gasteiger charge is -2.13. The maximum Gasteiger partial charge on any atom is 0.169 e. The van der Waals surface area contributed by atoms with E-state index in [9.17, 15) is 9.90 Å². The number of ether oxygens (including phenoxy) is 1. The number of Topliss-reactive ketones (excluding diaryl/α,β-unsaturated/α-hetero) is 1.